The first-order chi connectivity index (χ1) is 15.2. The number of amides is 4. The molecule has 32 heavy (non-hydrogen) atoms. The van der Waals surface area contributed by atoms with Gasteiger partial charge in [0.05, 0.1) is 6.42 Å². The summed E-state index contributed by atoms with van der Waals surface area (Å²) in [5, 5.41) is 0.463. The Kier molecular flexibility index (Phi) is 9.64. The lowest BCUT2D eigenvalue weighted by atomic mass is 10.2. The van der Waals surface area contributed by atoms with Gasteiger partial charge in [-0.25, -0.2) is 0 Å². The molecule has 2 aromatic carbocycles. The first kappa shape index (κ1) is 24.8. The molecule has 0 spiro atoms. The summed E-state index contributed by atoms with van der Waals surface area (Å²) < 4.78 is 5.52. The Morgan fingerprint density at radius 3 is 1.78 bits per heavy atom. The lowest BCUT2D eigenvalue weighted by molar-refractivity contribution is -0.149. The van der Waals surface area contributed by atoms with E-state index in [1.807, 2.05) is 0 Å². The number of ether oxygens (including phenoxy) is 1. The number of benzene rings is 2. The van der Waals surface area contributed by atoms with E-state index in [-0.39, 0.29) is 18.4 Å². The average Bonchev–Trinajstić information content (AvgIpc) is 2.79. The highest BCUT2D eigenvalue weighted by Crippen LogP contribution is 2.10. The van der Waals surface area contributed by atoms with Gasteiger partial charge in [0, 0.05) is 27.0 Å². The summed E-state index contributed by atoms with van der Waals surface area (Å²) >= 11 is 8.97. The molecular formula is C20H18BrClN4O6. The molecule has 2 aromatic rings. The van der Waals surface area contributed by atoms with Crippen LogP contribution < -0.4 is 21.7 Å². The number of hydrogen-bond acceptors (Lipinski definition) is 6. The van der Waals surface area contributed by atoms with Gasteiger partial charge in [-0.15, -0.1) is 0 Å². The highest BCUT2D eigenvalue weighted by Gasteiger charge is 2.13. The molecule has 0 aliphatic heterocycles. The Hall–Kier alpha value is -3.44. The highest BCUT2D eigenvalue weighted by atomic mass is 79.9. The first-order valence-corrected chi connectivity index (χ1v) is 10.3. The van der Waals surface area contributed by atoms with Crippen molar-refractivity contribution in [1.82, 2.24) is 21.7 Å². The van der Waals surface area contributed by atoms with Gasteiger partial charge >= 0.3 is 5.97 Å². The number of rotatable bonds is 7. The van der Waals surface area contributed by atoms with E-state index in [1.54, 1.807) is 24.3 Å². The summed E-state index contributed by atoms with van der Waals surface area (Å²) in [6.07, 6.45) is -0.594. The van der Waals surface area contributed by atoms with Crippen molar-refractivity contribution in [2.24, 2.45) is 0 Å². The Bertz CT molecular complexity index is 919. The van der Waals surface area contributed by atoms with Crippen LogP contribution in [0.5, 0.6) is 0 Å². The number of halogens is 2. The maximum atomic E-state index is 11.9. The number of nitrogens with one attached hydrogen (secondary N) is 4. The van der Waals surface area contributed by atoms with Crippen molar-refractivity contribution < 1.29 is 28.7 Å². The molecule has 0 heterocycles. The minimum atomic E-state index is -0.807. The molecule has 168 valence electrons. The molecule has 0 saturated heterocycles. The van der Waals surface area contributed by atoms with Crippen LogP contribution in [0.2, 0.25) is 5.02 Å². The van der Waals surface area contributed by atoms with Crippen molar-refractivity contribution in [3.05, 3.63) is 69.2 Å². The molecule has 0 aliphatic carbocycles. The lowest BCUT2D eigenvalue weighted by Crippen LogP contribution is -2.43. The second-order valence-corrected chi connectivity index (χ2v) is 7.53. The van der Waals surface area contributed by atoms with Crippen molar-refractivity contribution in [2.75, 3.05) is 6.61 Å². The molecule has 0 aromatic heterocycles. The van der Waals surface area contributed by atoms with Crippen molar-refractivity contribution in [2.45, 2.75) is 12.8 Å². The van der Waals surface area contributed by atoms with Gasteiger partial charge in [0.2, 0.25) is 5.91 Å². The van der Waals surface area contributed by atoms with Crippen LogP contribution in [-0.4, -0.2) is 36.2 Å². The molecule has 0 bridgehead atoms. The topological polar surface area (TPSA) is 143 Å². The van der Waals surface area contributed by atoms with Gasteiger partial charge in [-0.3, -0.25) is 45.7 Å². The van der Waals surface area contributed by atoms with Crippen molar-refractivity contribution in [3.8, 4) is 0 Å². The molecular weight excluding hydrogens is 508 g/mol. The fraction of sp³-hybridized carbons (Fsp3) is 0.150. The summed E-state index contributed by atoms with van der Waals surface area (Å²) in [7, 11) is 0. The summed E-state index contributed by atoms with van der Waals surface area (Å²) in [5.74, 6) is -3.30. The Morgan fingerprint density at radius 2 is 1.22 bits per heavy atom. The van der Waals surface area contributed by atoms with Gasteiger partial charge in [-0.1, -0.05) is 27.5 Å². The van der Waals surface area contributed by atoms with E-state index < -0.39 is 36.2 Å². The van der Waals surface area contributed by atoms with E-state index in [1.165, 1.54) is 24.3 Å². The van der Waals surface area contributed by atoms with Crippen LogP contribution in [0.1, 0.15) is 33.6 Å². The van der Waals surface area contributed by atoms with E-state index in [9.17, 15) is 24.0 Å². The summed E-state index contributed by atoms with van der Waals surface area (Å²) in [6, 6.07) is 12.4. The standard InChI is InChI=1S/C20H18BrClN4O6/c21-14-5-1-12(2-6-14)19(30)26-24-17(28)11-32-18(29)10-9-16(27)23-25-20(31)13-3-7-15(22)8-4-13/h1-8H,9-11H2,(H,23,27)(H,24,28)(H,25,31)(H,26,30). The predicted molar refractivity (Wildman–Crippen MR) is 117 cm³/mol. The number of esters is 1. The molecule has 12 heteroatoms. The van der Waals surface area contributed by atoms with Crippen LogP contribution in [0.15, 0.2) is 53.0 Å². The monoisotopic (exact) mass is 524 g/mol. The molecule has 0 saturated carbocycles. The Balaban J connectivity index is 1.60. The van der Waals surface area contributed by atoms with Crippen molar-refractivity contribution >= 4 is 57.1 Å². The Labute approximate surface area is 196 Å². The van der Waals surface area contributed by atoms with Crippen LogP contribution in [0, 0.1) is 0 Å². The number of hydrogen-bond donors (Lipinski definition) is 4. The zero-order valence-corrected chi connectivity index (χ0v) is 18.8. The third kappa shape index (κ3) is 8.74. The van der Waals surface area contributed by atoms with Gasteiger partial charge in [0.15, 0.2) is 6.61 Å². The number of carbonyl (C=O) groups excluding carboxylic acids is 5. The van der Waals surface area contributed by atoms with Crippen molar-refractivity contribution in [3.63, 3.8) is 0 Å². The van der Waals surface area contributed by atoms with Gasteiger partial charge in [-0.2, -0.15) is 0 Å². The molecule has 0 radical (unpaired) electrons. The normalized spacial score (nSPS) is 9.94. The molecule has 4 N–H and O–H groups in total. The first-order valence-electron chi connectivity index (χ1n) is 9.09. The zero-order chi connectivity index (χ0) is 23.5. The summed E-state index contributed by atoms with van der Waals surface area (Å²) in [6.45, 7) is -0.644. The maximum absolute atomic E-state index is 11.9. The Morgan fingerprint density at radius 1 is 0.719 bits per heavy atom. The largest absolute Gasteiger partial charge is 0.455 e. The van der Waals surface area contributed by atoms with Gasteiger partial charge in [-0.05, 0) is 48.5 Å². The minimum absolute atomic E-state index is 0.276. The van der Waals surface area contributed by atoms with E-state index in [0.29, 0.717) is 10.6 Å². The van der Waals surface area contributed by atoms with E-state index in [2.05, 4.69) is 37.6 Å². The minimum Gasteiger partial charge on any atom is -0.455 e. The maximum Gasteiger partial charge on any atom is 0.306 e. The molecule has 0 unspecified atom stereocenters. The molecule has 2 rings (SSSR count). The molecule has 0 fully saturated rings. The quantitative estimate of drug-likeness (QED) is 0.320. The SMILES string of the molecule is O=C(CCC(=O)OCC(=O)NNC(=O)c1ccc(Br)cc1)NNC(=O)c1ccc(Cl)cc1. The zero-order valence-electron chi connectivity index (χ0n) is 16.4. The van der Waals surface area contributed by atoms with Crippen LogP contribution in [0.3, 0.4) is 0 Å². The number of hydrazine groups is 2. The van der Waals surface area contributed by atoms with Gasteiger partial charge in [0.25, 0.3) is 17.7 Å². The molecule has 0 aliphatic rings. The second-order valence-electron chi connectivity index (χ2n) is 6.18. The molecule has 0 atom stereocenters. The highest BCUT2D eigenvalue weighted by molar-refractivity contribution is 9.10. The third-order valence-electron chi connectivity index (χ3n) is 3.76. The van der Waals surface area contributed by atoms with Crippen LogP contribution in [0.25, 0.3) is 0 Å². The average molecular weight is 526 g/mol. The van der Waals surface area contributed by atoms with Crippen LogP contribution >= 0.6 is 27.5 Å². The predicted octanol–water partition coefficient (Wildman–Crippen LogP) is 1.65. The smallest absolute Gasteiger partial charge is 0.306 e. The lowest BCUT2D eigenvalue weighted by Gasteiger charge is -2.09. The second kappa shape index (κ2) is 12.4. The van der Waals surface area contributed by atoms with Crippen LogP contribution in [0.4, 0.5) is 0 Å². The summed E-state index contributed by atoms with van der Waals surface area (Å²) in [5.41, 5.74) is 9.24. The van der Waals surface area contributed by atoms with Gasteiger partial charge < -0.3 is 4.74 Å². The van der Waals surface area contributed by atoms with Crippen molar-refractivity contribution in [1.29, 1.82) is 0 Å². The fourth-order valence-electron chi connectivity index (χ4n) is 2.13. The molecule has 10 nitrogen and oxygen atoms in total. The molecule has 4 amide bonds. The number of carbonyl (C=O) groups is 5. The van der Waals surface area contributed by atoms with Gasteiger partial charge in [0.1, 0.15) is 0 Å². The van der Waals surface area contributed by atoms with Crippen LogP contribution in [-0.2, 0) is 19.1 Å². The van der Waals surface area contributed by atoms with E-state index in [4.69, 9.17) is 16.3 Å². The fourth-order valence-corrected chi connectivity index (χ4v) is 2.52. The van der Waals surface area contributed by atoms with E-state index in [0.717, 1.165) is 4.47 Å². The van der Waals surface area contributed by atoms with E-state index >= 15 is 0 Å². The summed E-state index contributed by atoms with van der Waals surface area (Å²) in [4.78, 5) is 58.8. The third-order valence-corrected chi connectivity index (χ3v) is 4.54.